The van der Waals surface area contributed by atoms with Crippen molar-refractivity contribution < 1.29 is 9.90 Å². The minimum Gasteiger partial charge on any atom is -0.373 e. The van der Waals surface area contributed by atoms with Crippen molar-refractivity contribution in [2.24, 2.45) is 5.92 Å². The van der Waals surface area contributed by atoms with Gasteiger partial charge >= 0.3 is 0 Å². The van der Waals surface area contributed by atoms with E-state index in [1.165, 1.54) is 16.2 Å². The third-order valence-corrected chi connectivity index (χ3v) is 4.94. The number of aliphatic hydroxyl groups is 1. The fourth-order valence-corrected chi connectivity index (χ4v) is 3.89. The lowest BCUT2D eigenvalue weighted by molar-refractivity contribution is -0.132. The van der Waals surface area contributed by atoms with Crippen LogP contribution in [-0.2, 0) is 11.2 Å². The van der Waals surface area contributed by atoms with Crippen molar-refractivity contribution >= 4 is 16.8 Å². The van der Waals surface area contributed by atoms with E-state index in [4.69, 9.17) is 0 Å². The molecule has 1 unspecified atom stereocenters. The molecule has 0 saturated carbocycles. The van der Waals surface area contributed by atoms with Crippen LogP contribution in [0.1, 0.15) is 29.2 Å². The summed E-state index contributed by atoms with van der Waals surface area (Å²) in [6.07, 6.45) is 1.12. The Kier molecular flexibility index (Phi) is 2.31. The zero-order chi connectivity index (χ0) is 14.0. The van der Waals surface area contributed by atoms with E-state index in [2.05, 4.69) is 30.1 Å². The predicted octanol–water partition coefficient (Wildman–Crippen LogP) is 1.91. The Morgan fingerprint density at radius 2 is 2.20 bits per heavy atom. The standard InChI is InChI=1S/C16H18N2O2/c1-8-3-5-11-10(7-8)13-12(17-11)6-4-9-14(13)16(20)18(2)15(9)19/h3,5,7,9,14-15,17,19H,4,6H2,1-2H3/t9-,14-,15?/m1/s1. The minimum absolute atomic E-state index is 0.0273. The zero-order valence-electron chi connectivity index (χ0n) is 11.7. The molecule has 1 saturated heterocycles. The number of H-pyrrole nitrogens is 1. The average Bonchev–Trinajstić information content (AvgIpc) is 2.90. The molecule has 0 spiro atoms. The molecule has 20 heavy (non-hydrogen) atoms. The smallest absolute Gasteiger partial charge is 0.232 e. The van der Waals surface area contributed by atoms with Crippen LogP contribution < -0.4 is 0 Å². The van der Waals surface area contributed by atoms with Gasteiger partial charge in [0, 0.05) is 29.6 Å². The molecule has 3 atom stereocenters. The number of carbonyl (C=O) groups excluding carboxylic acids is 1. The molecule has 104 valence electrons. The van der Waals surface area contributed by atoms with E-state index in [-0.39, 0.29) is 17.7 Å². The Balaban J connectivity index is 1.97. The SMILES string of the molecule is Cc1ccc2[nH]c3c(c2c1)[C@@H]1C(=O)N(C)C(O)[C@@H]1CC3. The van der Waals surface area contributed by atoms with Gasteiger partial charge < -0.3 is 15.0 Å². The summed E-state index contributed by atoms with van der Waals surface area (Å²) in [5.74, 6) is -0.111. The van der Waals surface area contributed by atoms with Gasteiger partial charge in [0.25, 0.3) is 0 Å². The molecule has 2 aliphatic rings. The lowest BCUT2D eigenvalue weighted by atomic mass is 9.78. The number of likely N-dealkylation sites (N-methyl/N-ethyl adjacent to an activating group) is 1. The summed E-state index contributed by atoms with van der Waals surface area (Å²) in [4.78, 5) is 17.4. The second-order valence-electron chi connectivity index (χ2n) is 6.11. The Hall–Kier alpha value is -1.81. The van der Waals surface area contributed by atoms with Crippen molar-refractivity contribution in [1.82, 2.24) is 9.88 Å². The van der Waals surface area contributed by atoms with E-state index >= 15 is 0 Å². The van der Waals surface area contributed by atoms with Crippen molar-refractivity contribution in [3.8, 4) is 0 Å². The Morgan fingerprint density at radius 1 is 1.40 bits per heavy atom. The molecule has 4 nitrogen and oxygen atoms in total. The quantitative estimate of drug-likeness (QED) is 0.768. The van der Waals surface area contributed by atoms with Crippen LogP contribution in [0.25, 0.3) is 10.9 Å². The number of carbonyl (C=O) groups is 1. The maximum absolute atomic E-state index is 12.5. The molecule has 1 aromatic heterocycles. The van der Waals surface area contributed by atoms with Crippen molar-refractivity contribution in [3.63, 3.8) is 0 Å². The second-order valence-corrected chi connectivity index (χ2v) is 6.11. The first-order valence-corrected chi connectivity index (χ1v) is 7.14. The van der Waals surface area contributed by atoms with Crippen molar-refractivity contribution in [2.75, 3.05) is 7.05 Å². The van der Waals surface area contributed by atoms with E-state index in [9.17, 15) is 9.90 Å². The van der Waals surface area contributed by atoms with Crippen LogP contribution in [0.4, 0.5) is 0 Å². The first kappa shape index (κ1) is 12.0. The molecule has 1 amide bonds. The molecule has 0 radical (unpaired) electrons. The zero-order valence-corrected chi connectivity index (χ0v) is 11.7. The minimum atomic E-state index is -0.643. The van der Waals surface area contributed by atoms with Crippen LogP contribution in [0, 0.1) is 12.8 Å². The first-order chi connectivity index (χ1) is 9.58. The lowest BCUT2D eigenvalue weighted by Crippen LogP contribution is -2.31. The summed E-state index contributed by atoms with van der Waals surface area (Å²) < 4.78 is 0. The van der Waals surface area contributed by atoms with Gasteiger partial charge in [0.15, 0.2) is 0 Å². The number of rotatable bonds is 0. The van der Waals surface area contributed by atoms with E-state index in [1.807, 2.05) is 0 Å². The molecular weight excluding hydrogens is 252 g/mol. The summed E-state index contributed by atoms with van der Waals surface area (Å²) in [5.41, 5.74) is 4.58. The third kappa shape index (κ3) is 1.37. The molecule has 1 aliphatic carbocycles. The molecule has 4 heteroatoms. The summed E-state index contributed by atoms with van der Waals surface area (Å²) in [6, 6.07) is 6.31. The monoisotopic (exact) mass is 270 g/mol. The van der Waals surface area contributed by atoms with Gasteiger partial charge in [-0.05, 0) is 37.5 Å². The van der Waals surface area contributed by atoms with Crippen molar-refractivity contribution in [2.45, 2.75) is 31.9 Å². The van der Waals surface area contributed by atoms with Crippen molar-refractivity contribution in [1.29, 1.82) is 0 Å². The van der Waals surface area contributed by atoms with Crippen LogP contribution in [-0.4, -0.2) is 34.2 Å². The van der Waals surface area contributed by atoms with Gasteiger partial charge in [-0.1, -0.05) is 11.6 Å². The third-order valence-electron chi connectivity index (χ3n) is 4.94. The number of aliphatic hydroxyl groups excluding tert-OH is 1. The Labute approximate surface area is 117 Å². The largest absolute Gasteiger partial charge is 0.373 e. The fourth-order valence-electron chi connectivity index (χ4n) is 3.89. The maximum atomic E-state index is 12.5. The first-order valence-electron chi connectivity index (χ1n) is 7.14. The lowest BCUT2D eigenvalue weighted by Gasteiger charge is -2.25. The normalized spacial score (nSPS) is 28.9. The van der Waals surface area contributed by atoms with Crippen LogP contribution in [0.2, 0.25) is 0 Å². The van der Waals surface area contributed by atoms with Gasteiger partial charge in [-0.15, -0.1) is 0 Å². The maximum Gasteiger partial charge on any atom is 0.232 e. The number of hydrogen-bond donors (Lipinski definition) is 2. The molecule has 2 heterocycles. The Bertz CT molecular complexity index is 719. The molecule has 4 rings (SSSR count). The number of benzene rings is 1. The second kappa shape index (κ2) is 3.85. The topological polar surface area (TPSA) is 56.3 Å². The van der Waals surface area contributed by atoms with Gasteiger partial charge in [0.1, 0.15) is 6.23 Å². The average molecular weight is 270 g/mol. The van der Waals surface area contributed by atoms with E-state index in [0.29, 0.717) is 0 Å². The number of likely N-dealkylation sites (tertiary alicyclic amines) is 1. The van der Waals surface area contributed by atoms with Gasteiger partial charge in [-0.25, -0.2) is 0 Å². The highest BCUT2D eigenvalue weighted by Crippen LogP contribution is 2.47. The number of aryl methyl sites for hydroxylation is 2. The van der Waals surface area contributed by atoms with E-state index in [0.717, 1.165) is 29.3 Å². The van der Waals surface area contributed by atoms with Crippen LogP contribution in [0.15, 0.2) is 18.2 Å². The van der Waals surface area contributed by atoms with Crippen LogP contribution in [0.3, 0.4) is 0 Å². The molecule has 2 N–H and O–H groups in total. The molecule has 1 fully saturated rings. The highest BCUT2D eigenvalue weighted by molar-refractivity contribution is 5.95. The predicted molar refractivity (Wildman–Crippen MR) is 76.4 cm³/mol. The molecular formula is C16H18N2O2. The number of hydrogen-bond acceptors (Lipinski definition) is 2. The fraction of sp³-hybridized carbons (Fsp3) is 0.438. The van der Waals surface area contributed by atoms with Gasteiger partial charge in [-0.2, -0.15) is 0 Å². The number of nitrogens with one attached hydrogen (secondary N) is 1. The van der Waals surface area contributed by atoms with Gasteiger partial charge in [0.2, 0.25) is 5.91 Å². The number of nitrogens with zero attached hydrogens (tertiary/aromatic N) is 1. The van der Waals surface area contributed by atoms with E-state index in [1.54, 1.807) is 7.05 Å². The Morgan fingerprint density at radius 3 is 3.00 bits per heavy atom. The number of aromatic amines is 1. The summed E-state index contributed by atoms with van der Waals surface area (Å²) in [5, 5.41) is 11.4. The molecule has 0 bridgehead atoms. The van der Waals surface area contributed by atoms with Crippen LogP contribution >= 0.6 is 0 Å². The number of amides is 1. The molecule has 1 aromatic carbocycles. The summed E-state index contributed by atoms with van der Waals surface area (Å²) >= 11 is 0. The summed E-state index contributed by atoms with van der Waals surface area (Å²) in [7, 11) is 1.70. The van der Waals surface area contributed by atoms with E-state index < -0.39 is 6.23 Å². The van der Waals surface area contributed by atoms with Gasteiger partial charge in [-0.3, -0.25) is 4.79 Å². The van der Waals surface area contributed by atoms with Crippen molar-refractivity contribution in [3.05, 3.63) is 35.0 Å². The number of fused-ring (bicyclic) bond motifs is 5. The van der Waals surface area contributed by atoms with Crippen LogP contribution in [0.5, 0.6) is 0 Å². The highest BCUT2D eigenvalue weighted by atomic mass is 16.3. The number of aromatic nitrogens is 1. The molecule has 2 aromatic rings. The summed E-state index contributed by atoms with van der Waals surface area (Å²) in [6.45, 7) is 2.07. The van der Waals surface area contributed by atoms with Gasteiger partial charge in [0.05, 0.1) is 5.92 Å². The molecule has 1 aliphatic heterocycles. The highest BCUT2D eigenvalue weighted by Gasteiger charge is 2.49.